The molecule has 6 nitrogen and oxygen atoms in total. The molecular formula is C24H27N5OS. The molecule has 160 valence electrons. The molecule has 0 saturated heterocycles. The number of anilines is 2. The van der Waals surface area contributed by atoms with E-state index in [0.29, 0.717) is 0 Å². The first kappa shape index (κ1) is 21.2. The molecule has 0 radical (unpaired) electrons. The summed E-state index contributed by atoms with van der Waals surface area (Å²) in [5, 5.41) is 4.89. The number of rotatable bonds is 7. The number of carbonyl (C=O) groups excluding carboxylic acids is 1. The zero-order valence-corrected chi connectivity index (χ0v) is 19.1. The fourth-order valence-electron chi connectivity index (χ4n) is 3.79. The number of hydrogen-bond donors (Lipinski definition) is 2. The maximum absolute atomic E-state index is 12.6. The van der Waals surface area contributed by atoms with Crippen molar-refractivity contribution in [2.45, 2.75) is 32.7 Å². The number of H-pyrrole nitrogens is 1. The second kappa shape index (κ2) is 8.98. The van der Waals surface area contributed by atoms with Gasteiger partial charge in [-0.1, -0.05) is 23.4 Å². The zero-order chi connectivity index (χ0) is 22.0. The molecule has 0 spiro atoms. The van der Waals surface area contributed by atoms with Gasteiger partial charge in [-0.15, -0.1) is 0 Å². The van der Waals surface area contributed by atoms with Gasteiger partial charge in [0.1, 0.15) is 16.9 Å². The second-order valence-electron chi connectivity index (χ2n) is 7.58. The Morgan fingerprint density at radius 3 is 2.65 bits per heavy atom. The van der Waals surface area contributed by atoms with Gasteiger partial charge in [0, 0.05) is 35.4 Å². The van der Waals surface area contributed by atoms with Gasteiger partial charge in [0.25, 0.3) is 0 Å². The lowest BCUT2D eigenvalue weighted by molar-refractivity contribution is -0.113. The smallest absolute Gasteiger partial charge is 0.234 e. The van der Waals surface area contributed by atoms with Crippen LogP contribution >= 0.6 is 11.8 Å². The molecule has 2 heterocycles. The highest BCUT2D eigenvalue weighted by molar-refractivity contribution is 8.00. The van der Waals surface area contributed by atoms with Gasteiger partial charge < -0.3 is 15.2 Å². The van der Waals surface area contributed by atoms with Crippen molar-refractivity contribution in [2.75, 3.05) is 29.1 Å². The van der Waals surface area contributed by atoms with E-state index in [2.05, 4.69) is 76.3 Å². The van der Waals surface area contributed by atoms with Crippen molar-refractivity contribution in [1.82, 2.24) is 15.0 Å². The van der Waals surface area contributed by atoms with Gasteiger partial charge >= 0.3 is 0 Å². The van der Waals surface area contributed by atoms with Gasteiger partial charge in [0.05, 0.1) is 11.3 Å². The maximum atomic E-state index is 12.6. The lowest BCUT2D eigenvalue weighted by atomic mass is 10.1. The van der Waals surface area contributed by atoms with Gasteiger partial charge in [0.15, 0.2) is 0 Å². The summed E-state index contributed by atoms with van der Waals surface area (Å²) in [7, 11) is 0. The highest BCUT2D eigenvalue weighted by atomic mass is 32.2. The molecule has 0 aliphatic rings. The van der Waals surface area contributed by atoms with Crippen molar-refractivity contribution in [3.63, 3.8) is 0 Å². The van der Waals surface area contributed by atoms with E-state index >= 15 is 0 Å². The van der Waals surface area contributed by atoms with E-state index in [9.17, 15) is 4.79 Å². The highest BCUT2D eigenvalue weighted by Gasteiger charge is 2.14. The lowest BCUT2D eigenvalue weighted by Crippen LogP contribution is -2.22. The number of benzene rings is 2. The minimum Gasteiger partial charge on any atom is -0.372 e. The summed E-state index contributed by atoms with van der Waals surface area (Å²) in [5.41, 5.74) is 7.04. The molecule has 0 fully saturated rings. The fourth-order valence-corrected chi connectivity index (χ4v) is 4.54. The third-order valence-corrected chi connectivity index (χ3v) is 6.44. The monoisotopic (exact) mass is 433 g/mol. The van der Waals surface area contributed by atoms with Gasteiger partial charge in [-0.2, -0.15) is 0 Å². The van der Waals surface area contributed by atoms with E-state index in [1.165, 1.54) is 23.0 Å². The number of amides is 1. The molecule has 4 rings (SSSR count). The summed E-state index contributed by atoms with van der Waals surface area (Å²) in [4.78, 5) is 27.2. The normalized spacial score (nSPS) is 11.2. The molecule has 7 heteroatoms. The van der Waals surface area contributed by atoms with E-state index in [0.717, 1.165) is 51.3 Å². The Kier molecular flexibility index (Phi) is 6.13. The van der Waals surface area contributed by atoms with Crippen molar-refractivity contribution in [2.24, 2.45) is 0 Å². The van der Waals surface area contributed by atoms with Crippen molar-refractivity contribution in [1.29, 1.82) is 0 Å². The van der Waals surface area contributed by atoms with Crippen LogP contribution in [-0.2, 0) is 4.79 Å². The average molecular weight is 434 g/mol. The minimum atomic E-state index is -0.0533. The fraction of sp³-hybridized carbons (Fsp3) is 0.292. The summed E-state index contributed by atoms with van der Waals surface area (Å²) in [6.07, 6.45) is 1.56. The van der Waals surface area contributed by atoms with Crippen LogP contribution in [0.2, 0.25) is 0 Å². The predicted molar refractivity (Wildman–Crippen MR) is 130 cm³/mol. The second-order valence-corrected chi connectivity index (χ2v) is 8.55. The van der Waals surface area contributed by atoms with Crippen LogP contribution in [0.5, 0.6) is 0 Å². The molecule has 2 aromatic carbocycles. The number of carbonyl (C=O) groups is 1. The van der Waals surface area contributed by atoms with E-state index in [-0.39, 0.29) is 11.7 Å². The lowest BCUT2D eigenvalue weighted by Gasteiger charge is -2.22. The molecule has 4 aromatic rings. The molecule has 0 aliphatic heterocycles. The standard InChI is InChI=1S/C24H27N5OS/c1-5-29(6-2)17-8-10-19(16(4)12-17)27-21(30)13-31-24-23-22(25-14-26-24)18-11-15(3)7-9-20(18)28-23/h7-12,14,28H,5-6,13H2,1-4H3,(H,27,30). The summed E-state index contributed by atoms with van der Waals surface area (Å²) >= 11 is 1.42. The number of hydrogen-bond acceptors (Lipinski definition) is 5. The first-order valence-corrected chi connectivity index (χ1v) is 11.5. The van der Waals surface area contributed by atoms with Gasteiger partial charge in [-0.25, -0.2) is 9.97 Å². The Morgan fingerprint density at radius 1 is 1.10 bits per heavy atom. The summed E-state index contributed by atoms with van der Waals surface area (Å²) in [6.45, 7) is 10.3. The third kappa shape index (κ3) is 4.37. The molecule has 0 unspecified atom stereocenters. The Morgan fingerprint density at radius 2 is 1.90 bits per heavy atom. The van der Waals surface area contributed by atoms with Crippen LogP contribution in [-0.4, -0.2) is 39.7 Å². The first-order valence-electron chi connectivity index (χ1n) is 10.5. The van der Waals surface area contributed by atoms with Crippen molar-refractivity contribution < 1.29 is 4.79 Å². The van der Waals surface area contributed by atoms with Crippen LogP contribution in [0.4, 0.5) is 11.4 Å². The molecule has 0 bridgehead atoms. The van der Waals surface area contributed by atoms with Crippen LogP contribution in [0.3, 0.4) is 0 Å². The Labute approximate surface area is 186 Å². The third-order valence-electron chi connectivity index (χ3n) is 5.46. The van der Waals surface area contributed by atoms with Crippen LogP contribution in [0, 0.1) is 13.8 Å². The number of thioether (sulfide) groups is 1. The summed E-state index contributed by atoms with van der Waals surface area (Å²) < 4.78 is 0. The Hall–Kier alpha value is -3.06. The van der Waals surface area contributed by atoms with Crippen LogP contribution < -0.4 is 10.2 Å². The van der Waals surface area contributed by atoms with Crippen LogP contribution in [0.15, 0.2) is 47.8 Å². The Bertz CT molecular complexity index is 1250. The van der Waals surface area contributed by atoms with E-state index in [1.807, 2.05) is 13.0 Å². The minimum absolute atomic E-state index is 0.0533. The van der Waals surface area contributed by atoms with Crippen molar-refractivity contribution in [3.8, 4) is 0 Å². The van der Waals surface area contributed by atoms with E-state index in [4.69, 9.17) is 0 Å². The number of aromatic nitrogens is 3. The molecule has 31 heavy (non-hydrogen) atoms. The first-order chi connectivity index (χ1) is 15.0. The van der Waals surface area contributed by atoms with Crippen LogP contribution in [0.25, 0.3) is 21.9 Å². The predicted octanol–water partition coefficient (Wildman–Crippen LogP) is 5.30. The molecule has 0 aliphatic carbocycles. The topological polar surface area (TPSA) is 73.9 Å². The SMILES string of the molecule is CCN(CC)c1ccc(NC(=O)CSc2ncnc3c2[nH]c2ccc(C)cc23)c(C)c1. The average Bonchev–Trinajstić information content (AvgIpc) is 3.13. The largest absolute Gasteiger partial charge is 0.372 e. The molecule has 0 atom stereocenters. The number of aryl methyl sites for hydroxylation is 2. The number of aromatic amines is 1. The van der Waals surface area contributed by atoms with E-state index in [1.54, 1.807) is 6.33 Å². The number of nitrogens with one attached hydrogen (secondary N) is 2. The zero-order valence-electron chi connectivity index (χ0n) is 18.3. The molecule has 2 N–H and O–H groups in total. The summed E-state index contributed by atoms with van der Waals surface area (Å²) in [6, 6.07) is 12.4. The van der Waals surface area contributed by atoms with Gasteiger partial charge in [-0.05, 0) is 63.6 Å². The van der Waals surface area contributed by atoms with Crippen molar-refractivity contribution >= 4 is 51.0 Å². The molecular weight excluding hydrogens is 406 g/mol. The van der Waals surface area contributed by atoms with Crippen molar-refractivity contribution in [3.05, 3.63) is 53.9 Å². The van der Waals surface area contributed by atoms with Crippen LogP contribution in [0.1, 0.15) is 25.0 Å². The Balaban J connectivity index is 1.48. The van der Waals surface area contributed by atoms with E-state index < -0.39 is 0 Å². The molecule has 1 amide bonds. The summed E-state index contributed by atoms with van der Waals surface area (Å²) in [5.74, 6) is 0.222. The quantitative estimate of drug-likeness (QED) is 0.305. The highest BCUT2D eigenvalue weighted by Crippen LogP contribution is 2.30. The van der Waals surface area contributed by atoms with Gasteiger partial charge in [0.2, 0.25) is 5.91 Å². The van der Waals surface area contributed by atoms with Gasteiger partial charge in [-0.3, -0.25) is 4.79 Å². The maximum Gasteiger partial charge on any atom is 0.234 e. The molecule has 2 aromatic heterocycles. The molecule has 0 saturated carbocycles. The number of nitrogens with zero attached hydrogens (tertiary/aromatic N) is 3. The number of fused-ring (bicyclic) bond motifs is 3.